The second-order valence-corrected chi connectivity index (χ2v) is 10.8. The lowest BCUT2D eigenvalue weighted by atomic mass is 9.99. The van der Waals surface area contributed by atoms with E-state index in [1.165, 1.54) is 11.1 Å². The van der Waals surface area contributed by atoms with Crippen LogP contribution in [0.1, 0.15) is 80.2 Å². The molecule has 182 valence electrons. The van der Waals surface area contributed by atoms with Crippen molar-refractivity contribution in [1.82, 2.24) is 4.98 Å². The second kappa shape index (κ2) is 11.8. The Morgan fingerprint density at radius 1 is 1.03 bits per heavy atom. The Balaban J connectivity index is 0.00000158. The van der Waals surface area contributed by atoms with E-state index >= 15 is 0 Å². The summed E-state index contributed by atoms with van der Waals surface area (Å²) in [5.41, 5.74) is 6.68. The van der Waals surface area contributed by atoms with Crippen LogP contribution in [0.5, 0.6) is 0 Å². The monoisotopic (exact) mass is 478 g/mol. The molecular formula is C29H38N2O2S. The largest absolute Gasteiger partial charge is 0.308 e. The van der Waals surface area contributed by atoms with Gasteiger partial charge in [-0.3, -0.25) is 13.9 Å². The number of aromatic nitrogens is 1. The number of carbonyl (C=O) groups is 1. The first-order chi connectivity index (χ1) is 16.4. The molecule has 0 radical (unpaired) electrons. The van der Waals surface area contributed by atoms with Crippen LogP contribution in [0.15, 0.2) is 24.4 Å². The zero-order chi connectivity index (χ0) is 24.8. The number of hydrogen-bond acceptors (Lipinski definition) is 3. The Morgan fingerprint density at radius 2 is 1.68 bits per heavy atom. The van der Waals surface area contributed by atoms with E-state index in [1.807, 2.05) is 27.0 Å². The van der Waals surface area contributed by atoms with Gasteiger partial charge in [-0.25, -0.2) is 4.98 Å². The van der Waals surface area contributed by atoms with Gasteiger partial charge in [-0.15, -0.1) is 0 Å². The van der Waals surface area contributed by atoms with E-state index in [4.69, 9.17) is 4.98 Å². The fraction of sp³-hybridized carbons (Fsp3) is 0.517. The van der Waals surface area contributed by atoms with Gasteiger partial charge in [-0.2, -0.15) is 0 Å². The molecule has 1 saturated heterocycles. The lowest BCUT2D eigenvalue weighted by Crippen LogP contribution is -2.28. The van der Waals surface area contributed by atoms with Crippen LogP contribution in [0.3, 0.4) is 0 Å². The second-order valence-electron chi connectivity index (χ2n) is 9.14. The van der Waals surface area contributed by atoms with E-state index in [1.54, 1.807) is 4.90 Å². The molecule has 0 N–H and O–H groups in total. The number of nitrogens with zero attached hydrogens (tertiary/aromatic N) is 2. The van der Waals surface area contributed by atoms with Crippen LogP contribution in [0, 0.1) is 38.5 Å². The van der Waals surface area contributed by atoms with Crippen molar-refractivity contribution in [3.63, 3.8) is 0 Å². The summed E-state index contributed by atoms with van der Waals surface area (Å²) in [5.74, 6) is 8.55. The fourth-order valence-electron chi connectivity index (χ4n) is 4.27. The minimum Gasteiger partial charge on any atom is -0.260 e. The molecule has 1 aromatic carbocycles. The predicted molar refractivity (Wildman–Crippen MR) is 143 cm³/mol. The molecule has 0 atom stereocenters. The van der Waals surface area contributed by atoms with Gasteiger partial charge < -0.3 is 0 Å². The number of benzene rings is 1. The molecule has 1 aromatic heterocycles. The Bertz CT molecular complexity index is 1110. The number of carbonyl (C=O) groups excluding carboxylic acids is 1. The van der Waals surface area contributed by atoms with Crippen LogP contribution in [0.25, 0.3) is 0 Å². The van der Waals surface area contributed by atoms with Gasteiger partial charge in [0.1, 0.15) is 5.82 Å². The Morgan fingerprint density at radius 3 is 2.26 bits per heavy atom. The van der Waals surface area contributed by atoms with Crippen molar-refractivity contribution >= 4 is 28.2 Å². The SMILES string of the molecule is CC.CCc1cnc(N(C(=O)C#CC2CCS(=O)CC2)c2cc(C)c(C)cc2C2CC2)c(C)c1. The number of anilines is 2. The van der Waals surface area contributed by atoms with E-state index in [2.05, 4.69) is 50.8 Å². The zero-order valence-electron chi connectivity index (χ0n) is 21.5. The van der Waals surface area contributed by atoms with Crippen LogP contribution in [0.4, 0.5) is 11.5 Å². The molecule has 1 aliphatic carbocycles. The van der Waals surface area contributed by atoms with Gasteiger partial charge in [0.2, 0.25) is 0 Å². The van der Waals surface area contributed by atoms with Crippen molar-refractivity contribution < 1.29 is 9.00 Å². The van der Waals surface area contributed by atoms with Crippen molar-refractivity contribution in [2.75, 3.05) is 16.4 Å². The molecule has 1 amide bonds. The number of rotatable bonds is 4. The van der Waals surface area contributed by atoms with Gasteiger partial charge in [0.25, 0.3) is 0 Å². The summed E-state index contributed by atoms with van der Waals surface area (Å²) >= 11 is 0. The maximum atomic E-state index is 13.6. The summed E-state index contributed by atoms with van der Waals surface area (Å²) in [4.78, 5) is 20.1. The fourth-order valence-corrected chi connectivity index (χ4v) is 5.57. The van der Waals surface area contributed by atoms with E-state index < -0.39 is 10.8 Å². The minimum atomic E-state index is -0.729. The van der Waals surface area contributed by atoms with Gasteiger partial charge in [0.15, 0.2) is 0 Å². The number of hydrogen-bond donors (Lipinski definition) is 0. The molecule has 0 unspecified atom stereocenters. The maximum Gasteiger partial charge on any atom is 0.308 e. The van der Waals surface area contributed by atoms with Crippen molar-refractivity contribution in [3.05, 3.63) is 52.2 Å². The lowest BCUT2D eigenvalue weighted by molar-refractivity contribution is -0.112. The first kappa shape index (κ1) is 26.2. The molecule has 0 spiro atoms. The van der Waals surface area contributed by atoms with E-state index in [9.17, 15) is 9.00 Å². The van der Waals surface area contributed by atoms with Crippen molar-refractivity contribution in [3.8, 4) is 11.8 Å². The smallest absolute Gasteiger partial charge is 0.260 e. The summed E-state index contributed by atoms with van der Waals surface area (Å²) < 4.78 is 11.7. The van der Waals surface area contributed by atoms with Gasteiger partial charge in [0.05, 0.1) is 5.69 Å². The molecule has 4 nitrogen and oxygen atoms in total. The Labute approximate surface area is 208 Å². The molecule has 0 bridgehead atoms. The molecule has 4 rings (SSSR count). The highest BCUT2D eigenvalue weighted by molar-refractivity contribution is 7.85. The van der Waals surface area contributed by atoms with Crippen molar-refractivity contribution in [2.45, 2.75) is 79.6 Å². The first-order valence-electron chi connectivity index (χ1n) is 12.6. The third kappa shape index (κ3) is 6.16. The molecule has 1 aliphatic heterocycles. The van der Waals surface area contributed by atoms with E-state index in [-0.39, 0.29) is 11.8 Å². The minimum absolute atomic E-state index is 0.137. The molecule has 2 heterocycles. The van der Waals surface area contributed by atoms with Gasteiger partial charge in [-0.1, -0.05) is 38.8 Å². The van der Waals surface area contributed by atoms with Gasteiger partial charge in [-0.05, 0) is 98.6 Å². The summed E-state index contributed by atoms with van der Waals surface area (Å²) in [6, 6.07) is 6.48. The maximum absolute atomic E-state index is 13.6. The molecule has 1 saturated carbocycles. The molecule has 5 heteroatoms. The molecule has 2 aliphatic rings. The zero-order valence-corrected chi connectivity index (χ0v) is 22.3. The lowest BCUT2D eigenvalue weighted by Gasteiger charge is -2.25. The number of aryl methyl sites for hydroxylation is 4. The summed E-state index contributed by atoms with van der Waals surface area (Å²) in [6.07, 6.45) is 6.68. The first-order valence-corrected chi connectivity index (χ1v) is 14.1. The summed E-state index contributed by atoms with van der Waals surface area (Å²) in [5, 5.41) is 0. The predicted octanol–water partition coefficient (Wildman–Crippen LogP) is 6.30. The topological polar surface area (TPSA) is 50.3 Å². The average molecular weight is 479 g/mol. The third-order valence-electron chi connectivity index (χ3n) is 6.60. The normalized spacial score (nSPS) is 19.4. The van der Waals surface area contributed by atoms with Crippen molar-refractivity contribution in [2.24, 2.45) is 5.92 Å². The molecule has 34 heavy (non-hydrogen) atoms. The number of amides is 1. The highest BCUT2D eigenvalue weighted by Crippen LogP contribution is 2.46. The van der Waals surface area contributed by atoms with Crippen molar-refractivity contribution in [1.29, 1.82) is 0 Å². The summed E-state index contributed by atoms with van der Waals surface area (Å²) in [7, 11) is -0.729. The van der Waals surface area contributed by atoms with Crippen LogP contribution < -0.4 is 4.90 Å². The third-order valence-corrected chi connectivity index (χ3v) is 7.98. The Hall–Kier alpha value is -2.45. The van der Waals surface area contributed by atoms with Crippen LogP contribution in [-0.2, 0) is 22.0 Å². The molecular weight excluding hydrogens is 440 g/mol. The average Bonchev–Trinajstić information content (AvgIpc) is 3.68. The highest BCUT2D eigenvalue weighted by atomic mass is 32.2. The standard InChI is InChI=1S/C27H32N2O2S.C2H6/c1-5-21-14-20(4)27(28-17-21)29(26(30)9-6-22-10-12-32(31)13-11-22)25-16-19(3)18(2)15-24(25)23-7-8-23;1-2/h14-17,22-23H,5,7-8,10-13H2,1-4H3;1-2H3. The Kier molecular flexibility index (Phi) is 9.08. The summed E-state index contributed by atoms with van der Waals surface area (Å²) in [6.45, 7) is 12.3. The quantitative estimate of drug-likeness (QED) is 0.485. The number of pyridine rings is 1. The van der Waals surface area contributed by atoms with E-state index in [0.717, 1.165) is 54.5 Å². The van der Waals surface area contributed by atoms with Crippen LogP contribution >= 0.6 is 0 Å². The van der Waals surface area contributed by atoms with Crippen LogP contribution in [-0.4, -0.2) is 26.6 Å². The highest BCUT2D eigenvalue weighted by Gasteiger charge is 2.31. The van der Waals surface area contributed by atoms with Crippen LogP contribution in [0.2, 0.25) is 0 Å². The van der Waals surface area contributed by atoms with Gasteiger partial charge in [0, 0.05) is 34.4 Å². The van der Waals surface area contributed by atoms with E-state index in [0.29, 0.717) is 23.2 Å². The van der Waals surface area contributed by atoms with Gasteiger partial charge >= 0.3 is 5.91 Å². The molecule has 2 fully saturated rings. The molecule has 2 aromatic rings.